The van der Waals surface area contributed by atoms with E-state index >= 15 is 0 Å². The van der Waals surface area contributed by atoms with E-state index in [1.54, 1.807) is 19.2 Å². The van der Waals surface area contributed by atoms with Crippen LogP contribution in [0.5, 0.6) is 0 Å². The summed E-state index contributed by atoms with van der Waals surface area (Å²) in [6.07, 6.45) is 0.0145. The zero-order valence-corrected chi connectivity index (χ0v) is 20.7. The van der Waals surface area contributed by atoms with Crippen LogP contribution in [0, 0.1) is 12.3 Å². The first kappa shape index (κ1) is 18.9. The van der Waals surface area contributed by atoms with Gasteiger partial charge in [0.1, 0.15) is 0 Å². The first-order valence-corrected chi connectivity index (χ1v) is 11.6. The van der Waals surface area contributed by atoms with Gasteiger partial charge in [-0.1, -0.05) is 19.9 Å². The van der Waals surface area contributed by atoms with Crippen LogP contribution in [0.25, 0.3) is 5.57 Å². The predicted molar refractivity (Wildman–Crippen MR) is 137 cm³/mol. The Kier molecular flexibility index (Phi) is 4.80. The van der Waals surface area contributed by atoms with Crippen molar-refractivity contribution < 1.29 is 17.9 Å². The van der Waals surface area contributed by atoms with E-state index in [0.717, 1.165) is 24.2 Å². The molecular weight excluding hydrogens is 412 g/mol. The molecule has 0 aromatic carbocycles. The summed E-state index contributed by atoms with van der Waals surface area (Å²) >= 11 is 0. The third-order valence-corrected chi connectivity index (χ3v) is 6.09. The summed E-state index contributed by atoms with van der Waals surface area (Å²) in [5, 5.41) is 2.83. The average Bonchev–Trinajstić information content (AvgIpc) is 3.17. The molecule has 0 radical (unpaired) electrons. The van der Waals surface area contributed by atoms with Crippen LogP contribution in [0.15, 0.2) is 24.4 Å². The molecule has 2 N–H and O–H groups in total. The summed E-state index contributed by atoms with van der Waals surface area (Å²) < 4.78 is 41.6. The molecular formula is C27H42N4O2. The molecule has 6 heteroatoms. The number of ether oxygens (including phenoxy) is 1. The molecule has 0 spiro atoms. The summed E-state index contributed by atoms with van der Waals surface area (Å²) in [4.78, 5) is 24.9. The Morgan fingerprint density at radius 2 is 1.94 bits per heavy atom. The highest BCUT2D eigenvalue weighted by Gasteiger charge is 2.40. The molecule has 1 aliphatic carbocycles. The van der Waals surface area contributed by atoms with E-state index in [1.165, 1.54) is 0 Å². The molecule has 1 saturated heterocycles. The van der Waals surface area contributed by atoms with Gasteiger partial charge in [0.05, 0.1) is 24.0 Å². The Hall–Kier alpha value is -2.47. The van der Waals surface area contributed by atoms with Crippen molar-refractivity contribution in [2.24, 2.45) is 5.41 Å². The van der Waals surface area contributed by atoms with Crippen molar-refractivity contribution in [1.82, 2.24) is 15.0 Å². The summed E-state index contributed by atoms with van der Waals surface area (Å²) in [5.74, 6) is -0.308. The number of carbonyl (C=O) groups is 1. The summed E-state index contributed by atoms with van der Waals surface area (Å²) in [6, 6.07) is 3.69. The minimum Gasteiger partial charge on any atom is -0.370 e. The quantitative estimate of drug-likeness (QED) is 0.522. The van der Waals surface area contributed by atoms with Gasteiger partial charge in [-0.05, 0) is 89.8 Å². The minimum absolute atomic E-state index is 0. The van der Waals surface area contributed by atoms with Crippen molar-refractivity contribution in [3.63, 3.8) is 0 Å². The van der Waals surface area contributed by atoms with Gasteiger partial charge in [-0.15, -0.1) is 0 Å². The number of H-pyrrole nitrogens is 1. The first-order valence-electron chi connectivity index (χ1n) is 13.7. The predicted octanol–water partition coefficient (Wildman–Crippen LogP) is 6.90. The van der Waals surface area contributed by atoms with Crippen LogP contribution < -0.4 is 5.32 Å². The molecule has 0 saturated carbocycles. The number of hydrogen-bond acceptors (Lipinski definition) is 4. The molecule has 2 aromatic heterocycles. The second kappa shape index (κ2) is 8.39. The normalized spacial score (nSPS) is 27.8. The van der Waals surface area contributed by atoms with Crippen LogP contribution in [-0.2, 0) is 4.74 Å². The molecule has 182 valence electrons. The number of rotatable bonds is 4. The first-order chi connectivity index (χ1) is 16.9. The van der Waals surface area contributed by atoms with E-state index in [4.69, 9.17) is 15.2 Å². The highest BCUT2D eigenvalue weighted by molar-refractivity contribution is 6.03. The van der Waals surface area contributed by atoms with Crippen molar-refractivity contribution in [2.45, 2.75) is 97.6 Å². The molecule has 1 aliphatic heterocycles. The molecule has 1 atom stereocenters. The van der Waals surface area contributed by atoms with Crippen molar-refractivity contribution in [1.29, 1.82) is 0 Å². The smallest absolute Gasteiger partial charge is 0.291 e. The Morgan fingerprint density at radius 1 is 1.24 bits per heavy atom. The maximum absolute atomic E-state index is 13.0. The number of allylic oxidation sites excluding steroid dienone is 2. The zero-order valence-electron chi connectivity index (χ0n) is 24.7. The molecule has 33 heavy (non-hydrogen) atoms. The molecule has 1 amide bonds. The van der Waals surface area contributed by atoms with E-state index in [1.807, 2.05) is 19.9 Å². The van der Waals surface area contributed by atoms with Gasteiger partial charge in [-0.3, -0.25) is 9.78 Å². The van der Waals surface area contributed by atoms with Crippen molar-refractivity contribution in [3.05, 3.63) is 47.3 Å². The standard InChI is InChI=1S/C27H38N4O2.2H2/c1-17-16-28-23(29-17)24(32)31-21-9-8-20(19-14-26(4,5)33-27(6,7)15-19)30-22(21)18-10-12-25(2,3)13-11-18;;/h8-10,16,19H,11-15H2,1-7H3,(H,28,29)(H,31,32);2*1H/i10D,11D2,13D;;. The van der Waals surface area contributed by atoms with Gasteiger partial charge in [0.25, 0.3) is 5.91 Å². The molecule has 4 rings (SSSR count). The lowest BCUT2D eigenvalue weighted by Gasteiger charge is -2.45. The van der Waals surface area contributed by atoms with Crippen LogP contribution in [0.3, 0.4) is 0 Å². The van der Waals surface area contributed by atoms with Gasteiger partial charge in [0, 0.05) is 30.5 Å². The molecule has 2 aromatic rings. The number of pyridine rings is 1. The van der Waals surface area contributed by atoms with E-state index in [-0.39, 0.29) is 49.5 Å². The van der Waals surface area contributed by atoms with Crippen LogP contribution in [0.2, 0.25) is 0 Å². The molecule has 1 unspecified atom stereocenters. The van der Waals surface area contributed by atoms with Gasteiger partial charge in [0.15, 0.2) is 5.82 Å². The highest BCUT2D eigenvalue weighted by Crippen LogP contribution is 2.44. The molecule has 3 heterocycles. The van der Waals surface area contributed by atoms with Gasteiger partial charge >= 0.3 is 0 Å². The number of hydrogen-bond donors (Lipinski definition) is 2. The second-order valence-electron chi connectivity index (χ2n) is 11.2. The van der Waals surface area contributed by atoms with E-state index in [0.29, 0.717) is 5.69 Å². The number of imidazole rings is 1. The van der Waals surface area contributed by atoms with E-state index < -0.39 is 24.1 Å². The Balaban J connectivity index is 0.00000267. The van der Waals surface area contributed by atoms with Crippen LogP contribution in [0.1, 0.15) is 116 Å². The fourth-order valence-corrected chi connectivity index (χ4v) is 4.84. The van der Waals surface area contributed by atoms with Crippen LogP contribution in [-0.4, -0.2) is 32.1 Å². The number of aromatic nitrogens is 3. The minimum atomic E-state index is -2.14. The fourth-order valence-electron chi connectivity index (χ4n) is 4.84. The number of anilines is 1. The van der Waals surface area contributed by atoms with Gasteiger partial charge in [-0.25, -0.2) is 4.98 Å². The monoisotopic (exact) mass is 458 g/mol. The number of aromatic amines is 1. The maximum Gasteiger partial charge on any atom is 0.291 e. The Morgan fingerprint density at radius 3 is 2.58 bits per heavy atom. The van der Waals surface area contributed by atoms with Crippen molar-refractivity contribution in [3.8, 4) is 0 Å². The number of aryl methyl sites for hydroxylation is 1. The van der Waals surface area contributed by atoms with Crippen molar-refractivity contribution >= 4 is 17.2 Å². The zero-order chi connectivity index (χ0) is 27.6. The van der Waals surface area contributed by atoms with Crippen molar-refractivity contribution in [2.75, 3.05) is 5.32 Å². The SMILES string of the molecule is [2H]C1=C(c2nc(C3CC(C)(C)OC(C)(C)C3)ccc2NC(=O)c2ncc(C)[nH]2)C([2H])([2H])C([2H])C(C)(C)C1.[HH].[HH]. The van der Waals surface area contributed by atoms with Gasteiger partial charge in [-0.2, -0.15) is 0 Å². The Bertz CT molecular complexity index is 1240. The summed E-state index contributed by atoms with van der Waals surface area (Å²) in [7, 11) is 0. The molecule has 1 fully saturated rings. The van der Waals surface area contributed by atoms with Gasteiger partial charge < -0.3 is 15.0 Å². The Labute approximate surface area is 206 Å². The lowest BCUT2D eigenvalue weighted by molar-refractivity contribution is -0.162. The molecule has 0 bridgehead atoms. The topological polar surface area (TPSA) is 79.9 Å². The summed E-state index contributed by atoms with van der Waals surface area (Å²) in [5.41, 5.74) is 0.609. The van der Waals surface area contributed by atoms with Crippen LogP contribution >= 0.6 is 0 Å². The third-order valence-electron chi connectivity index (χ3n) is 6.09. The third kappa shape index (κ3) is 5.55. The number of amides is 1. The van der Waals surface area contributed by atoms with E-state index in [2.05, 4.69) is 43.0 Å². The number of carbonyl (C=O) groups excluding carboxylic acids is 1. The van der Waals surface area contributed by atoms with E-state index in [9.17, 15) is 4.79 Å². The maximum atomic E-state index is 13.0. The number of nitrogens with zero attached hydrogens (tertiary/aromatic N) is 2. The average molecular weight is 459 g/mol. The molecule has 2 aliphatic rings. The fraction of sp³-hybridized carbons (Fsp3) is 0.593. The lowest BCUT2D eigenvalue weighted by Crippen LogP contribution is -2.44. The second-order valence-corrected chi connectivity index (χ2v) is 11.2. The summed E-state index contributed by atoms with van der Waals surface area (Å²) in [6.45, 7) is 13.6. The largest absolute Gasteiger partial charge is 0.370 e. The highest BCUT2D eigenvalue weighted by atomic mass is 16.5. The number of nitrogens with one attached hydrogen (secondary N) is 2. The van der Waals surface area contributed by atoms with Gasteiger partial charge in [0.2, 0.25) is 0 Å². The van der Waals surface area contributed by atoms with Crippen LogP contribution in [0.4, 0.5) is 5.69 Å². The lowest BCUT2D eigenvalue weighted by atomic mass is 9.77. The molecule has 6 nitrogen and oxygen atoms in total.